The van der Waals surface area contributed by atoms with Crippen LogP contribution >= 0.6 is 0 Å². The topological polar surface area (TPSA) is 37.3 Å². The molecule has 0 unspecified atom stereocenters. The zero-order valence-electron chi connectivity index (χ0n) is 13.3. The van der Waals surface area contributed by atoms with Crippen LogP contribution in [0.4, 0.5) is 4.79 Å². The third-order valence-corrected chi connectivity index (χ3v) is 4.64. The highest BCUT2D eigenvalue weighted by molar-refractivity contribution is 6.07. The molecular formula is C19H21N3O. The van der Waals surface area contributed by atoms with E-state index in [1.807, 2.05) is 11.8 Å². The number of hydrogen-bond donors (Lipinski definition) is 1. The quantitative estimate of drug-likeness (QED) is 0.785. The number of carbonyl (C=O) groups excluding carboxylic acids is 1. The Morgan fingerprint density at radius 2 is 1.61 bits per heavy atom. The van der Waals surface area contributed by atoms with E-state index in [9.17, 15) is 4.79 Å². The molecule has 1 aliphatic rings. The van der Waals surface area contributed by atoms with Gasteiger partial charge in [-0.2, -0.15) is 0 Å². The SMILES string of the molecule is C[C@@H]1CN(CCCn2c3ccccc3c3ccccc32)C(=O)N1. The van der Waals surface area contributed by atoms with Gasteiger partial charge in [-0.25, -0.2) is 4.79 Å². The molecule has 0 bridgehead atoms. The standard InChI is InChI=1S/C19H21N3O/c1-14-13-21(19(23)20-14)11-6-12-22-17-9-4-2-7-15(17)16-8-3-5-10-18(16)22/h2-5,7-10,14H,6,11-13H2,1H3,(H,20,23)/t14-/m1/s1. The van der Waals surface area contributed by atoms with E-state index in [1.54, 1.807) is 0 Å². The number of urea groups is 1. The maximum absolute atomic E-state index is 11.8. The first kappa shape index (κ1) is 14.1. The lowest BCUT2D eigenvalue weighted by atomic mass is 10.2. The number of aryl methyl sites for hydroxylation is 1. The average molecular weight is 307 g/mol. The first-order chi connectivity index (χ1) is 11.2. The first-order valence-corrected chi connectivity index (χ1v) is 8.25. The molecule has 1 aliphatic heterocycles. The number of amides is 2. The molecule has 4 heteroatoms. The summed E-state index contributed by atoms with van der Waals surface area (Å²) in [5.74, 6) is 0. The molecule has 4 nitrogen and oxygen atoms in total. The Hall–Kier alpha value is -2.49. The van der Waals surface area contributed by atoms with Gasteiger partial charge in [0.25, 0.3) is 0 Å². The van der Waals surface area contributed by atoms with Crippen molar-refractivity contribution in [2.24, 2.45) is 0 Å². The molecule has 0 radical (unpaired) electrons. The van der Waals surface area contributed by atoms with Gasteiger partial charge in [0.15, 0.2) is 0 Å². The molecule has 0 aliphatic carbocycles. The number of nitrogens with zero attached hydrogens (tertiary/aromatic N) is 2. The predicted molar refractivity (Wildman–Crippen MR) is 93.6 cm³/mol. The summed E-state index contributed by atoms with van der Waals surface area (Å²) in [4.78, 5) is 13.7. The van der Waals surface area contributed by atoms with E-state index in [-0.39, 0.29) is 12.1 Å². The second-order valence-electron chi connectivity index (χ2n) is 6.34. The Balaban J connectivity index is 1.59. The number of carbonyl (C=O) groups is 1. The van der Waals surface area contributed by atoms with Gasteiger partial charge in [0.2, 0.25) is 0 Å². The molecule has 3 aromatic rings. The number of hydrogen-bond acceptors (Lipinski definition) is 1. The van der Waals surface area contributed by atoms with Crippen LogP contribution in [0.5, 0.6) is 0 Å². The maximum Gasteiger partial charge on any atom is 0.317 e. The molecule has 1 atom stereocenters. The Morgan fingerprint density at radius 3 is 2.17 bits per heavy atom. The van der Waals surface area contributed by atoms with Crippen LogP contribution in [-0.2, 0) is 6.54 Å². The summed E-state index contributed by atoms with van der Waals surface area (Å²) in [5, 5.41) is 5.55. The summed E-state index contributed by atoms with van der Waals surface area (Å²) in [6.07, 6.45) is 0.961. The number of nitrogens with one attached hydrogen (secondary N) is 1. The van der Waals surface area contributed by atoms with E-state index in [1.165, 1.54) is 21.8 Å². The molecule has 1 saturated heterocycles. The lowest BCUT2D eigenvalue weighted by Crippen LogP contribution is -2.29. The summed E-state index contributed by atoms with van der Waals surface area (Å²) in [5.41, 5.74) is 2.54. The summed E-state index contributed by atoms with van der Waals surface area (Å²) in [6.45, 7) is 4.58. The molecule has 1 aromatic heterocycles. The van der Waals surface area contributed by atoms with Crippen LogP contribution in [0.1, 0.15) is 13.3 Å². The second kappa shape index (κ2) is 5.61. The van der Waals surface area contributed by atoms with Crippen molar-refractivity contribution in [3.63, 3.8) is 0 Å². The van der Waals surface area contributed by atoms with Crippen molar-refractivity contribution in [2.45, 2.75) is 25.9 Å². The zero-order valence-corrected chi connectivity index (χ0v) is 13.3. The Labute approximate surface area is 135 Å². The summed E-state index contributed by atoms with van der Waals surface area (Å²) in [7, 11) is 0. The van der Waals surface area contributed by atoms with Crippen molar-refractivity contribution in [1.82, 2.24) is 14.8 Å². The smallest absolute Gasteiger partial charge is 0.317 e. The van der Waals surface area contributed by atoms with Crippen LogP contribution in [0.2, 0.25) is 0 Å². The Kier molecular flexibility index (Phi) is 3.45. The number of benzene rings is 2. The van der Waals surface area contributed by atoms with Gasteiger partial charge < -0.3 is 14.8 Å². The lowest BCUT2D eigenvalue weighted by molar-refractivity contribution is 0.216. The van der Waals surface area contributed by atoms with Gasteiger partial charge in [-0.1, -0.05) is 36.4 Å². The Morgan fingerprint density at radius 1 is 1.00 bits per heavy atom. The number of para-hydroxylation sites is 2. The predicted octanol–water partition coefficient (Wildman–Crippen LogP) is 3.60. The fourth-order valence-electron chi connectivity index (χ4n) is 3.62. The lowest BCUT2D eigenvalue weighted by Gasteiger charge is -2.15. The fourth-order valence-corrected chi connectivity index (χ4v) is 3.62. The van der Waals surface area contributed by atoms with E-state index >= 15 is 0 Å². The number of aromatic nitrogens is 1. The highest BCUT2D eigenvalue weighted by atomic mass is 16.2. The van der Waals surface area contributed by atoms with Crippen LogP contribution in [-0.4, -0.2) is 34.6 Å². The molecular weight excluding hydrogens is 286 g/mol. The van der Waals surface area contributed by atoms with Crippen molar-refractivity contribution in [3.05, 3.63) is 48.5 Å². The second-order valence-corrected chi connectivity index (χ2v) is 6.34. The van der Waals surface area contributed by atoms with Gasteiger partial charge in [0.05, 0.1) is 0 Å². The molecule has 0 spiro atoms. The minimum atomic E-state index is 0.0692. The van der Waals surface area contributed by atoms with Gasteiger partial charge in [-0.3, -0.25) is 0 Å². The molecule has 1 N–H and O–H groups in total. The molecule has 1 fully saturated rings. The number of rotatable bonds is 4. The van der Waals surface area contributed by atoms with Crippen molar-refractivity contribution in [3.8, 4) is 0 Å². The number of fused-ring (bicyclic) bond motifs is 3. The summed E-state index contributed by atoms with van der Waals surface area (Å²) >= 11 is 0. The molecule has 118 valence electrons. The van der Waals surface area contributed by atoms with E-state index in [4.69, 9.17) is 0 Å². The minimum Gasteiger partial charge on any atom is -0.340 e. The van der Waals surface area contributed by atoms with Crippen LogP contribution in [0.25, 0.3) is 21.8 Å². The van der Waals surface area contributed by atoms with Crippen LogP contribution < -0.4 is 5.32 Å². The maximum atomic E-state index is 11.8. The zero-order chi connectivity index (χ0) is 15.8. The first-order valence-electron chi connectivity index (χ1n) is 8.25. The molecule has 23 heavy (non-hydrogen) atoms. The van der Waals surface area contributed by atoms with E-state index in [2.05, 4.69) is 58.4 Å². The normalized spacial score (nSPS) is 18.0. The highest BCUT2D eigenvalue weighted by Gasteiger charge is 2.24. The monoisotopic (exact) mass is 307 g/mol. The summed E-state index contributed by atoms with van der Waals surface area (Å²) in [6, 6.07) is 17.4. The Bertz CT molecular complexity index is 814. The molecule has 4 rings (SSSR count). The highest BCUT2D eigenvalue weighted by Crippen LogP contribution is 2.28. The van der Waals surface area contributed by atoms with E-state index < -0.39 is 0 Å². The average Bonchev–Trinajstić information content (AvgIpc) is 3.06. The largest absolute Gasteiger partial charge is 0.340 e. The van der Waals surface area contributed by atoms with Crippen molar-refractivity contribution in [2.75, 3.05) is 13.1 Å². The van der Waals surface area contributed by atoms with Crippen LogP contribution in [0, 0.1) is 0 Å². The fraction of sp³-hybridized carbons (Fsp3) is 0.316. The third kappa shape index (κ3) is 2.44. The summed E-state index contributed by atoms with van der Waals surface area (Å²) < 4.78 is 2.38. The van der Waals surface area contributed by atoms with Crippen LogP contribution in [0.3, 0.4) is 0 Å². The van der Waals surface area contributed by atoms with Crippen molar-refractivity contribution in [1.29, 1.82) is 0 Å². The third-order valence-electron chi connectivity index (χ3n) is 4.64. The molecule has 2 aromatic carbocycles. The van der Waals surface area contributed by atoms with Crippen molar-refractivity contribution >= 4 is 27.8 Å². The van der Waals surface area contributed by atoms with Gasteiger partial charge in [-0.05, 0) is 25.5 Å². The van der Waals surface area contributed by atoms with Gasteiger partial charge in [0, 0.05) is 47.5 Å². The molecule has 0 saturated carbocycles. The van der Waals surface area contributed by atoms with Crippen LogP contribution in [0.15, 0.2) is 48.5 Å². The molecule has 2 amide bonds. The van der Waals surface area contributed by atoms with Crippen molar-refractivity contribution < 1.29 is 4.79 Å². The van der Waals surface area contributed by atoms with Gasteiger partial charge in [0.1, 0.15) is 0 Å². The molecule has 2 heterocycles. The van der Waals surface area contributed by atoms with E-state index in [0.29, 0.717) is 0 Å². The van der Waals surface area contributed by atoms with E-state index in [0.717, 1.165) is 26.1 Å². The van der Waals surface area contributed by atoms with Gasteiger partial charge >= 0.3 is 6.03 Å². The van der Waals surface area contributed by atoms with Gasteiger partial charge in [-0.15, -0.1) is 0 Å². The minimum absolute atomic E-state index is 0.0692.